The molecule has 2 rings (SSSR count). The third kappa shape index (κ3) is 2.70. The molecule has 0 amide bonds. The molecule has 1 aromatic carbocycles. The van der Waals surface area contributed by atoms with Crippen LogP contribution in [0.15, 0.2) is 23.4 Å². The molecule has 0 saturated carbocycles. The number of likely N-dealkylation sites (N-methyl/N-ethyl adjacent to an activating group) is 1. The van der Waals surface area contributed by atoms with Crippen molar-refractivity contribution in [1.29, 1.82) is 0 Å². The lowest BCUT2D eigenvalue weighted by Crippen LogP contribution is -2.52. The van der Waals surface area contributed by atoms with E-state index in [0.29, 0.717) is 11.7 Å². The van der Waals surface area contributed by atoms with Gasteiger partial charge in [-0.1, -0.05) is 18.1 Å². The Balaban J connectivity index is 2.32. The van der Waals surface area contributed by atoms with Gasteiger partial charge in [0.1, 0.15) is 5.82 Å². The maximum atomic E-state index is 14.0. The number of benzene rings is 1. The highest BCUT2D eigenvalue weighted by atomic mass is 19.1. The molecule has 1 aliphatic rings. The van der Waals surface area contributed by atoms with Crippen LogP contribution in [-0.2, 0) is 0 Å². The van der Waals surface area contributed by atoms with Crippen molar-refractivity contribution in [3.63, 3.8) is 0 Å². The van der Waals surface area contributed by atoms with E-state index in [4.69, 9.17) is 10.9 Å². The summed E-state index contributed by atoms with van der Waals surface area (Å²) in [5.41, 5.74) is 6.47. The van der Waals surface area contributed by atoms with Crippen molar-refractivity contribution >= 4 is 11.5 Å². The first-order chi connectivity index (χ1) is 9.58. The molecule has 0 radical (unpaired) electrons. The van der Waals surface area contributed by atoms with Crippen LogP contribution in [0.3, 0.4) is 0 Å². The van der Waals surface area contributed by atoms with E-state index in [2.05, 4.69) is 28.8 Å². The standard InChI is InChI=1S/C14H21FN4O/c1-3-18-7-8-19(9-10(18)2)12-6-4-5-11(15)13(12)14(16)17-20/h4-6,10,20H,3,7-9H2,1-2H3,(H2,16,17). The highest BCUT2D eigenvalue weighted by molar-refractivity contribution is 6.02. The van der Waals surface area contributed by atoms with Crippen molar-refractivity contribution in [2.45, 2.75) is 19.9 Å². The van der Waals surface area contributed by atoms with Crippen LogP contribution in [0.1, 0.15) is 19.4 Å². The molecule has 0 aliphatic carbocycles. The molecule has 1 saturated heterocycles. The van der Waals surface area contributed by atoms with Gasteiger partial charge in [0.05, 0.1) is 11.3 Å². The molecule has 1 heterocycles. The van der Waals surface area contributed by atoms with Gasteiger partial charge in [-0.05, 0) is 25.6 Å². The highest BCUT2D eigenvalue weighted by Gasteiger charge is 2.25. The molecule has 0 bridgehead atoms. The SMILES string of the molecule is CCN1CCN(c2cccc(F)c2C(N)=NO)CC1C. The maximum absolute atomic E-state index is 14.0. The summed E-state index contributed by atoms with van der Waals surface area (Å²) in [7, 11) is 0. The normalized spacial score (nSPS) is 21.2. The Bertz CT molecular complexity index is 506. The zero-order valence-corrected chi connectivity index (χ0v) is 11.9. The number of hydrogen-bond acceptors (Lipinski definition) is 4. The number of piperazine rings is 1. The van der Waals surface area contributed by atoms with Crippen molar-refractivity contribution in [3.05, 3.63) is 29.6 Å². The Hall–Kier alpha value is -1.82. The number of nitrogens with zero attached hydrogens (tertiary/aromatic N) is 3. The van der Waals surface area contributed by atoms with Gasteiger partial charge in [0.15, 0.2) is 5.84 Å². The van der Waals surface area contributed by atoms with Crippen LogP contribution in [0.5, 0.6) is 0 Å². The Kier molecular flexibility index (Phi) is 4.44. The van der Waals surface area contributed by atoms with Gasteiger partial charge in [-0.3, -0.25) is 4.90 Å². The van der Waals surface area contributed by atoms with Gasteiger partial charge in [0, 0.05) is 25.7 Å². The molecule has 1 atom stereocenters. The molecule has 1 aliphatic heterocycles. The summed E-state index contributed by atoms with van der Waals surface area (Å²) in [6, 6.07) is 5.17. The molecule has 3 N–H and O–H groups in total. The van der Waals surface area contributed by atoms with Crippen LogP contribution in [0.4, 0.5) is 10.1 Å². The summed E-state index contributed by atoms with van der Waals surface area (Å²) in [5, 5.41) is 11.8. The van der Waals surface area contributed by atoms with Crippen molar-refractivity contribution in [1.82, 2.24) is 4.90 Å². The maximum Gasteiger partial charge on any atom is 0.175 e. The molecule has 0 aromatic heterocycles. The minimum absolute atomic E-state index is 0.173. The Morgan fingerprint density at radius 1 is 1.50 bits per heavy atom. The fourth-order valence-corrected chi connectivity index (χ4v) is 2.76. The lowest BCUT2D eigenvalue weighted by molar-refractivity contribution is 0.199. The van der Waals surface area contributed by atoms with E-state index >= 15 is 0 Å². The third-order valence-electron chi connectivity index (χ3n) is 3.87. The molecule has 110 valence electrons. The number of halogens is 1. The highest BCUT2D eigenvalue weighted by Crippen LogP contribution is 2.25. The number of nitrogens with two attached hydrogens (primary N) is 1. The van der Waals surface area contributed by atoms with Crippen LogP contribution in [0.2, 0.25) is 0 Å². The van der Waals surface area contributed by atoms with E-state index in [1.165, 1.54) is 6.07 Å². The average Bonchev–Trinajstić information content (AvgIpc) is 2.46. The monoisotopic (exact) mass is 280 g/mol. The van der Waals surface area contributed by atoms with Gasteiger partial charge < -0.3 is 15.8 Å². The summed E-state index contributed by atoms with van der Waals surface area (Å²) in [5.74, 6) is -0.660. The van der Waals surface area contributed by atoms with Gasteiger partial charge in [-0.25, -0.2) is 4.39 Å². The van der Waals surface area contributed by atoms with Crippen molar-refractivity contribution in [2.75, 3.05) is 31.1 Å². The summed E-state index contributed by atoms with van der Waals surface area (Å²) in [6.45, 7) is 7.81. The molecule has 20 heavy (non-hydrogen) atoms. The van der Waals surface area contributed by atoms with Gasteiger partial charge in [-0.15, -0.1) is 0 Å². The first kappa shape index (κ1) is 14.6. The molecule has 0 spiro atoms. The molecule has 1 fully saturated rings. The second-order valence-electron chi connectivity index (χ2n) is 5.04. The van der Waals surface area contributed by atoms with Crippen LogP contribution in [-0.4, -0.2) is 48.2 Å². The number of amidine groups is 1. The molecule has 1 unspecified atom stereocenters. The minimum atomic E-state index is -0.469. The van der Waals surface area contributed by atoms with Crippen LogP contribution < -0.4 is 10.6 Å². The van der Waals surface area contributed by atoms with Crippen molar-refractivity contribution in [2.24, 2.45) is 10.9 Å². The fourth-order valence-electron chi connectivity index (χ4n) is 2.76. The summed E-state index contributed by atoms with van der Waals surface area (Å²) in [4.78, 5) is 4.46. The molecule has 6 heteroatoms. The Morgan fingerprint density at radius 3 is 2.85 bits per heavy atom. The largest absolute Gasteiger partial charge is 0.409 e. The Morgan fingerprint density at radius 2 is 2.25 bits per heavy atom. The molecule has 5 nitrogen and oxygen atoms in total. The van der Waals surface area contributed by atoms with Crippen LogP contribution in [0.25, 0.3) is 0 Å². The fraction of sp³-hybridized carbons (Fsp3) is 0.500. The van der Waals surface area contributed by atoms with Gasteiger partial charge >= 0.3 is 0 Å². The number of anilines is 1. The zero-order chi connectivity index (χ0) is 14.7. The third-order valence-corrected chi connectivity index (χ3v) is 3.87. The van der Waals surface area contributed by atoms with E-state index in [0.717, 1.165) is 26.2 Å². The average molecular weight is 280 g/mol. The molecule has 1 aromatic rings. The van der Waals surface area contributed by atoms with E-state index in [1.54, 1.807) is 6.07 Å². The van der Waals surface area contributed by atoms with Crippen molar-refractivity contribution < 1.29 is 9.60 Å². The zero-order valence-electron chi connectivity index (χ0n) is 11.9. The van der Waals surface area contributed by atoms with Gasteiger partial charge in [0.25, 0.3) is 0 Å². The predicted octanol–water partition coefficient (Wildman–Crippen LogP) is 1.45. The molecular weight excluding hydrogens is 259 g/mol. The minimum Gasteiger partial charge on any atom is -0.409 e. The van der Waals surface area contributed by atoms with E-state index in [1.807, 2.05) is 6.07 Å². The smallest absolute Gasteiger partial charge is 0.175 e. The first-order valence-electron chi connectivity index (χ1n) is 6.83. The lowest BCUT2D eigenvalue weighted by Gasteiger charge is -2.41. The molecular formula is C14H21FN4O. The second kappa shape index (κ2) is 6.09. The topological polar surface area (TPSA) is 65.1 Å². The second-order valence-corrected chi connectivity index (χ2v) is 5.04. The summed E-state index contributed by atoms with van der Waals surface area (Å²) in [6.07, 6.45) is 0. The van der Waals surface area contributed by atoms with Gasteiger partial charge in [0.2, 0.25) is 0 Å². The lowest BCUT2D eigenvalue weighted by atomic mass is 10.1. The van der Waals surface area contributed by atoms with E-state index < -0.39 is 5.82 Å². The predicted molar refractivity (Wildman–Crippen MR) is 77.8 cm³/mol. The van der Waals surface area contributed by atoms with Crippen molar-refractivity contribution in [3.8, 4) is 0 Å². The quantitative estimate of drug-likeness (QED) is 0.381. The van der Waals surface area contributed by atoms with E-state index in [-0.39, 0.29) is 11.4 Å². The number of hydrogen-bond donors (Lipinski definition) is 2. The number of rotatable bonds is 3. The van der Waals surface area contributed by atoms with E-state index in [9.17, 15) is 4.39 Å². The Labute approximate surface area is 118 Å². The van der Waals surface area contributed by atoms with Crippen LogP contribution >= 0.6 is 0 Å². The van der Waals surface area contributed by atoms with Crippen LogP contribution in [0, 0.1) is 5.82 Å². The van der Waals surface area contributed by atoms with Gasteiger partial charge in [-0.2, -0.15) is 0 Å². The summed E-state index contributed by atoms with van der Waals surface area (Å²) < 4.78 is 14.0. The first-order valence-corrected chi connectivity index (χ1v) is 6.83. The summed E-state index contributed by atoms with van der Waals surface area (Å²) >= 11 is 0. The number of oxime groups is 1.